The zero-order valence-corrected chi connectivity index (χ0v) is 27.8. The quantitative estimate of drug-likeness (QED) is 0.0797. The van der Waals surface area contributed by atoms with Gasteiger partial charge in [0.15, 0.2) is 5.84 Å². The third-order valence-corrected chi connectivity index (χ3v) is 9.76. The van der Waals surface area contributed by atoms with Crippen molar-refractivity contribution < 1.29 is 0 Å². The molecule has 1 heterocycles. The van der Waals surface area contributed by atoms with Crippen molar-refractivity contribution in [2.45, 2.75) is 33.6 Å². The first kappa shape index (κ1) is 30.8. The summed E-state index contributed by atoms with van der Waals surface area (Å²) in [6, 6.07) is 41.2. The van der Waals surface area contributed by atoms with E-state index in [0.29, 0.717) is 0 Å². The standard InChI is InChI=1S/C45H39N3/c1-6-29(3)42(37-18-10-8-14-30(37)4)36(7-2)33-16-12-17-34(28-33)39-20-13-21-40-43-38-19-11-9-15-31(38)24-27-41(43)48(44(39)40)35-25-22-32(23-26-35)45(46)47-5/h6-23,25-26,28,46H,2,5,24,27H2,1,3-4H3/b29-6-,42-36-,46-45?. The number of aliphatic imine (C=N–C) groups is 1. The summed E-state index contributed by atoms with van der Waals surface area (Å²) in [5, 5.41) is 9.43. The number of benzene rings is 5. The average Bonchev–Trinajstić information content (AvgIpc) is 3.49. The first-order valence-electron chi connectivity index (χ1n) is 16.5. The van der Waals surface area contributed by atoms with Gasteiger partial charge in [0, 0.05) is 33.5 Å². The number of rotatable bonds is 7. The Balaban J connectivity index is 1.50. The summed E-state index contributed by atoms with van der Waals surface area (Å²) in [6.07, 6.45) is 6.12. The van der Waals surface area contributed by atoms with E-state index in [9.17, 15) is 0 Å². The van der Waals surface area contributed by atoms with Gasteiger partial charge in [0.25, 0.3) is 0 Å². The summed E-state index contributed by atoms with van der Waals surface area (Å²) in [5.41, 5.74) is 17.8. The van der Waals surface area contributed by atoms with Gasteiger partial charge in [-0.25, -0.2) is 4.99 Å². The summed E-state index contributed by atoms with van der Waals surface area (Å²) in [5.74, 6) is 0.177. The second-order valence-electron chi connectivity index (χ2n) is 12.4. The minimum Gasteiger partial charge on any atom is -0.312 e. The van der Waals surface area contributed by atoms with Crippen molar-refractivity contribution >= 4 is 34.6 Å². The SMILES string of the molecule is C=C/C(=C(\C(C)=C/C)c1ccccc1C)c1cccc(-c2cccc3c4c(n(-c5ccc(C(=N)N=C)cc5)c23)CCc2ccccc2-4)c1. The molecule has 1 aliphatic rings. The summed E-state index contributed by atoms with van der Waals surface area (Å²) >= 11 is 0. The number of nitrogens with zero attached hydrogens (tertiary/aromatic N) is 2. The van der Waals surface area contributed by atoms with E-state index in [2.05, 4.69) is 153 Å². The van der Waals surface area contributed by atoms with Crippen LogP contribution in [-0.4, -0.2) is 17.1 Å². The van der Waals surface area contributed by atoms with Gasteiger partial charge in [-0.05, 0) is 121 Å². The van der Waals surface area contributed by atoms with Crippen molar-refractivity contribution in [3.05, 3.63) is 173 Å². The number of nitrogens with one attached hydrogen (secondary N) is 1. The lowest BCUT2D eigenvalue weighted by atomic mass is 9.86. The molecule has 0 atom stereocenters. The van der Waals surface area contributed by atoms with E-state index < -0.39 is 0 Å². The maximum absolute atomic E-state index is 8.19. The number of fused-ring (bicyclic) bond motifs is 5. The maximum Gasteiger partial charge on any atom is 0.151 e. The number of hydrogen-bond donors (Lipinski definition) is 1. The van der Waals surface area contributed by atoms with Crippen LogP contribution in [0, 0.1) is 12.3 Å². The van der Waals surface area contributed by atoms with E-state index in [1.54, 1.807) is 0 Å². The molecular formula is C45H39N3. The highest BCUT2D eigenvalue weighted by atomic mass is 15.0. The van der Waals surface area contributed by atoms with E-state index in [4.69, 9.17) is 5.41 Å². The van der Waals surface area contributed by atoms with Crippen LogP contribution in [0.4, 0.5) is 0 Å². The third kappa shape index (κ3) is 5.18. The first-order valence-corrected chi connectivity index (χ1v) is 16.5. The molecule has 1 aromatic heterocycles. The second-order valence-corrected chi connectivity index (χ2v) is 12.4. The van der Waals surface area contributed by atoms with E-state index in [1.165, 1.54) is 61.1 Å². The van der Waals surface area contributed by atoms with Crippen molar-refractivity contribution in [1.82, 2.24) is 4.57 Å². The monoisotopic (exact) mass is 621 g/mol. The Bertz CT molecular complexity index is 2310. The van der Waals surface area contributed by atoms with Gasteiger partial charge in [-0.1, -0.05) is 104 Å². The van der Waals surface area contributed by atoms with E-state index in [1.807, 2.05) is 18.2 Å². The zero-order chi connectivity index (χ0) is 33.4. The lowest BCUT2D eigenvalue weighted by Gasteiger charge is -2.20. The van der Waals surface area contributed by atoms with Crippen LogP contribution >= 0.6 is 0 Å². The summed E-state index contributed by atoms with van der Waals surface area (Å²) in [7, 11) is 0. The summed E-state index contributed by atoms with van der Waals surface area (Å²) in [6.45, 7) is 14.3. The van der Waals surface area contributed by atoms with E-state index in [-0.39, 0.29) is 5.84 Å². The molecule has 0 bridgehead atoms. The van der Waals surface area contributed by atoms with Gasteiger partial charge >= 0.3 is 0 Å². The lowest BCUT2D eigenvalue weighted by molar-refractivity contribution is 0.866. The predicted molar refractivity (Wildman–Crippen MR) is 206 cm³/mol. The minimum atomic E-state index is 0.177. The van der Waals surface area contributed by atoms with Crippen LogP contribution in [0.1, 0.15) is 47.4 Å². The van der Waals surface area contributed by atoms with E-state index >= 15 is 0 Å². The Hall–Kier alpha value is -5.80. The van der Waals surface area contributed by atoms with Gasteiger partial charge in [-0.2, -0.15) is 0 Å². The highest BCUT2D eigenvalue weighted by Crippen LogP contribution is 2.45. The molecule has 0 saturated carbocycles. The van der Waals surface area contributed by atoms with Crippen LogP contribution < -0.4 is 0 Å². The fourth-order valence-corrected chi connectivity index (χ4v) is 7.32. The van der Waals surface area contributed by atoms with Crippen LogP contribution in [0.15, 0.2) is 145 Å². The van der Waals surface area contributed by atoms with Gasteiger partial charge in [-0.15, -0.1) is 0 Å². The molecule has 48 heavy (non-hydrogen) atoms. The molecule has 5 aromatic carbocycles. The molecule has 6 aromatic rings. The van der Waals surface area contributed by atoms with Crippen molar-refractivity contribution in [2.75, 3.05) is 0 Å². The number of allylic oxidation sites excluding steroid dienone is 5. The van der Waals surface area contributed by atoms with Crippen LogP contribution in [0.2, 0.25) is 0 Å². The molecule has 234 valence electrons. The fraction of sp³-hybridized carbons (Fsp3) is 0.111. The molecule has 1 aliphatic carbocycles. The number of amidine groups is 1. The number of aryl methyl sites for hydroxylation is 2. The number of para-hydroxylation sites is 1. The number of aromatic nitrogens is 1. The molecule has 0 fully saturated rings. The molecule has 0 radical (unpaired) electrons. The molecule has 0 unspecified atom stereocenters. The predicted octanol–water partition coefficient (Wildman–Crippen LogP) is 11.5. The molecule has 0 saturated heterocycles. The third-order valence-electron chi connectivity index (χ3n) is 9.76. The second kappa shape index (κ2) is 12.8. The Morgan fingerprint density at radius 1 is 0.812 bits per heavy atom. The lowest BCUT2D eigenvalue weighted by Crippen LogP contribution is -2.08. The van der Waals surface area contributed by atoms with Crippen molar-refractivity contribution in [3.8, 4) is 27.9 Å². The molecule has 0 aliphatic heterocycles. The van der Waals surface area contributed by atoms with Crippen molar-refractivity contribution in [3.63, 3.8) is 0 Å². The Morgan fingerprint density at radius 2 is 1.54 bits per heavy atom. The van der Waals surface area contributed by atoms with Crippen LogP contribution in [0.5, 0.6) is 0 Å². The molecule has 3 heteroatoms. The van der Waals surface area contributed by atoms with Gasteiger partial charge in [0.05, 0.1) is 5.52 Å². The van der Waals surface area contributed by atoms with E-state index in [0.717, 1.165) is 40.8 Å². The Kier molecular flexibility index (Phi) is 8.20. The Morgan fingerprint density at radius 3 is 2.29 bits per heavy atom. The molecule has 3 nitrogen and oxygen atoms in total. The molecular weight excluding hydrogens is 583 g/mol. The van der Waals surface area contributed by atoms with Gasteiger partial charge in [0.2, 0.25) is 0 Å². The largest absolute Gasteiger partial charge is 0.312 e. The normalized spacial score (nSPS) is 13.0. The van der Waals surface area contributed by atoms with Crippen molar-refractivity contribution in [1.29, 1.82) is 5.41 Å². The van der Waals surface area contributed by atoms with Crippen LogP contribution in [0.25, 0.3) is 50.0 Å². The summed E-state index contributed by atoms with van der Waals surface area (Å²) in [4.78, 5) is 3.84. The molecule has 0 amide bonds. The van der Waals surface area contributed by atoms with Gasteiger partial charge in [-0.3, -0.25) is 5.41 Å². The average molecular weight is 622 g/mol. The molecule has 7 rings (SSSR count). The van der Waals surface area contributed by atoms with Crippen molar-refractivity contribution in [2.24, 2.45) is 4.99 Å². The first-order chi connectivity index (χ1) is 23.4. The van der Waals surface area contributed by atoms with Crippen LogP contribution in [-0.2, 0) is 12.8 Å². The summed E-state index contributed by atoms with van der Waals surface area (Å²) < 4.78 is 2.45. The number of hydrogen-bond acceptors (Lipinski definition) is 1. The fourth-order valence-electron chi connectivity index (χ4n) is 7.32. The Labute approximate surface area is 283 Å². The smallest absolute Gasteiger partial charge is 0.151 e. The molecule has 1 N–H and O–H groups in total. The van der Waals surface area contributed by atoms with Gasteiger partial charge in [0.1, 0.15) is 0 Å². The van der Waals surface area contributed by atoms with Gasteiger partial charge < -0.3 is 4.57 Å². The maximum atomic E-state index is 8.19. The van der Waals surface area contributed by atoms with Crippen LogP contribution in [0.3, 0.4) is 0 Å². The zero-order valence-electron chi connectivity index (χ0n) is 27.8. The molecule has 0 spiro atoms. The highest BCUT2D eigenvalue weighted by molar-refractivity contribution is 6.08. The minimum absolute atomic E-state index is 0.177. The topological polar surface area (TPSA) is 41.1 Å². The highest BCUT2D eigenvalue weighted by Gasteiger charge is 2.26.